The molecule has 0 spiro atoms. The fraction of sp³-hybridized carbons (Fsp3) is 0.875. The Labute approximate surface area is 67.8 Å². The maximum absolute atomic E-state index is 8.79. The van der Waals surface area contributed by atoms with Crippen LogP contribution in [0.4, 0.5) is 0 Å². The van der Waals surface area contributed by atoms with Crippen LogP contribution in [0, 0.1) is 17.2 Å². The van der Waals surface area contributed by atoms with Gasteiger partial charge < -0.3 is 5.73 Å². The Hall–Kier alpha value is -0.590. The highest BCUT2D eigenvalue weighted by Gasteiger charge is 2.31. The first-order chi connectivity index (χ1) is 5.15. The summed E-state index contributed by atoms with van der Waals surface area (Å²) < 4.78 is 0. The van der Waals surface area contributed by atoms with Crippen LogP contribution in [0.1, 0.15) is 13.8 Å². The molecule has 0 aromatic heterocycles. The zero-order valence-corrected chi connectivity index (χ0v) is 7.12. The van der Waals surface area contributed by atoms with Crippen LogP contribution < -0.4 is 5.73 Å². The standard InChI is InChI=1S/C8H15N3/c1-6(2)8(3-9)11-4-7(10)5-11/h6-8H,4-5,10H2,1-2H3/t8-/m0/s1. The molecule has 1 atom stereocenters. The van der Waals surface area contributed by atoms with Crippen molar-refractivity contribution in [2.45, 2.75) is 25.9 Å². The van der Waals surface area contributed by atoms with Gasteiger partial charge in [0.15, 0.2) is 0 Å². The molecule has 0 radical (unpaired) electrons. The Bertz CT molecular complexity index is 165. The van der Waals surface area contributed by atoms with Crippen molar-refractivity contribution in [2.24, 2.45) is 11.7 Å². The number of nitrogens with two attached hydrogens (primary N) is 1. The van der Waals surface area contributed by atoms with Gasteiger partial charge in [0.05, 0.1) is 6.07 Å². The van der Waals surface area contributed by atoms with Crippen molar-refractivity contribution >= 4 is 0 Å². The summed E-state index contributed by atoms with van der Waals surface area (Å²) in [7, 11) is 0. The summed E-state index contributed by atoms with van der Waals surface area (Å²) in [6.45, 7) is 5.91. The van der Waals surface area contributed by atoms with Gasteiger partial charge in [-0.3, -0.25) is 4.90 Å². The zero-order valence-electron chi connectivity index (χ0n) is 7.12. The summed E-state index contributed by atoms with van der Waals surface area (Å²) in [6, 6.07) is 2.65. The Morgan fingerprint density at radius 2 is 2.09 bits per heavy atom. The third-order valence-electron chi connectivity index (χ3n) is 2.10. The zero-order chi connectivity index (χ0) is 8.43. The molecule has 0 saturated carbocycles. The minimum atomic E-state index is 0.0646. The van der Waals surface area contributed by atoms with Gasteiger partial charge in [0.1, 0.15) is 6.04 Å². The second-order valence-corrected chi connectivity index (χ2v) is 3.53. The van der Waals surface area contributed by atoms with Crippen LogP contribution >= 0.6 is 0 Å². The third-order valence-corrected chi connectivity index (χ3v) is 2.10. The highest BCUT2D eigenvalue weighted by Crippen LogP contribution is 2.16. The topological polar surface area (TPSA) is 53.0 Å². The largest absolute Gasteiger partial charge is 0.325 e. The van der Waals surface area contributed by atoms with Crippen LogP contribution in [0.15, 0.2) is 0 Å². The number of nitriles is 1. The van der Waals surface area contributed by atoms with E-state index >= 15 is 0 Å². The first-order valence-corrected chi connectivity index (χ1v) is 4.04. The van der Waals surface area contributed by atoms with E-state index in [0.717, 1.165) is 13.1 Å². The summed E-state index contributed by atoms with van der Waals surface area (Å²) in [6.07, 6.45) is 0. The predicted octanol–water partition coefficient (Wildman–Crippen LogP) is 0.177. The monoisotopic (exact) mass is 153 g/mol. The van der Waals surface area contributed by atoms with E-state index in [9.17, 15) is 0 Å². The number of hydrogen-bond donors (Lipinski definition) is 1. The van der Waals surface area contributed by atoms with Crippen LogP contribution in [0.25, 0.3) is 0 Å². The van der Waals surface area contributed by atoms with E-state index < -0.39 is 0 Å². The molecule has 2 N–H and O–H groups in total. The molecule has 1 heterocycles. The Morgan fingerprint density at radius 3 is 2.36 bits per heavy atom. The van der Waals surface area contributed by atoms with Crippen molar-refractivity contribution < 1.29 is 0 Å². The van der Waals surface area contributed by atoms with E-state index in [2.05, 4.69) is 24.8 Å². The molecule has 0 aromatic rings. The van der Waals surface area contributed by atoms with E-state index in [4.69, 9.17) is 11.0 Å². The Morgan fingerprint density at radius 1 is 1.55 bits per heavy atom. The number of rotatable bonds is 2. The van der Waals surface area contributed by atoms with Gasteiger partial charge in [-0.15, -0.1) is 0 Å². The second-order valence-electron chi connectivity index (χ2n) is 3.53. The SMILES string of the molecule is CC(C)[C@H](C#N)N1CC(N)C1. The van der Waals surface area contributed by atoms with Crippen LogP contribution in [0.5, 0.6) is 0 Å². The van der Waals surface area contributed by atoms with E-state index in [1.54, 1.807) is 0 Å². The van der Waals surface area contributed by atoms with Gasteiger partial charge in [-0.25, -0.2) is 0 Å². The van der Waals surface area contributed by atoms with Gasteiger partial charge in [0, 0.05) is 19.1 Å². The van der Waals surface area contributed by atoms with Gasteiger partial charge in [0.25, 0.3) is 0 Å². The number of likely N-dealkylation sites (tertiary alicyclic amines) is 1. The number of nitrogens with zero attached hydrogens (tertiary/aromatic N) is 2. The van der Waals surface area contributed by atoms with Crippen molar-refractivity contribution in [3.05, 3.63) is 0 Å². The molecule has 11 heavy (non-hydrogen) atoms. The van der Waals surface area contributed by atoms with Gasteiger partial charge in [-0.2, -0.15) is 5.26 Å². The average Bonchev–Trinajstić information content (AvgIpc) is 1.85. The molecule has 0 aliphatic carbocycles. The van der Waals surface area contributed by atoms with Gasteiger partial charge in [0.2, 0.25) is 0 Å². The van der Waals surface area contributed by atoms with Gasteiger partial charge >= 0.3 is 0 Å². The maximum Gasteiger partial charge on any atom is 0.100 e. The van der Waals surface area contributed by atoms with Crippen molar-refractivity contribution in [1.29, 1.82) is 5.26 Å². The molecular formula is C8H15N3. The molecular weight excluding hydrogens is 138 g/mol. The molecule has 1 aliphatic rings. The van der Waals surface area contributed by atoms with Crippen LogP contribution in [-0.4, -0.2) is 30.1 Å². The van der Waals surface area contributed by atoms with E-state index in [-0.39, 0.29) is 6.04 Å². The lowest BCUT2D eigenvalue weighted by atomic mass is 9.98. The molecule has 0 amide bonds. The fourth-order valence-electron chi connectivity index (χ4n) is 1.43. The van der Waals surface area contributed by atoms with Gasteiger partial charge in [-0.05, 0) is 5.92 Å². The van der Waals surface area contributed by atoms with Crippen molar-refractivity contribution in [3.8, 4) is 6.07 Å². The van der Waals surface area contributed by atoms with Crippen LogP contribution in [0.3, 0.4) is 0 Å². The summed E-state index contributed by atoms with van der Waals surface area (Å²) in [5.74, 6) is 0.410. The van der Waals surface area contributed by atoms with Crippen molar-refractivity contribution in [3.63, 3.8) is 0 Å². The quantitative estimate of drug-likeness (QED) is 0.615. The minimum Gasteiger partial charge on any atom is -0.325 e. The molecule has 0 bridgehead atoms. The minimum absolute atomic E-state index is 0.0646. The molecule has 62 valence electrons. The normalized spacial score (nSPS) is 22.8. The molecule has 0 unspecified atom stereocenters. The fourth-order valence-corrected chi connectivity index (χ4v) is 1.43. The lowest BCUT2D eigenvalue weighted by Gasteiger charge is -2.41. The first kappa shape index (κ1) is 8.51. The van der Waals surface area contributed by atoms with Crippen molar-refractivity contribution in [2.75, 3.05) is 13.1 Å². The molecule has 3 heteroatoms. The Balaban J connectivity index is 2.40. The number of hydrogen-bond acceptors (Lipinski definition) is 3. The molecule has 1 rings (SSSR count). The lowest BCUT2D eigenvalue weighted by molar-refractivity contribution is 0.0975. The summed E-state index contributed by atoms with van der Waals surface area (Å²) in [5.41, 5.74) is 5.61. The molecule has 3 nitrogen and oxygen atoms in total. The smallest absolute Gasteiger partial charge is 0.100 e. The van der Waals surface area contributed by atoms with Crippen LogP contribution in [0.2, 0.25) is 0 Å². The predicted molar refractivity (Wildman–Crippen MR) is 43.8 cm³/mol. The molecule has 1 fully saturated rings. The summed E-state index contributed by atoms with van der Waals surface area (Å²) in [5, 5.41) is 8.79. The van der Waals surface area contributed by atoms with E-state index in [1.165, 1.54) is 0 Å². The van der Waals surface area contributed by atoms with E-state index in [1.807, 2.05) is 0 Å². The Kier molecular flexibility index (Phi) is 2.48. The maximum atomic E-state index is 8.79. The summed E-state index contributed by atoms with van der Waals surface area (Å²) in [4.78, 5) is 2.13. The van der Waals surface area contributed by atoms with Gasteiger partial charge in [-0.1, -0.05) is 13.8 Å². The first-order valence-electron chi connectivity index (χ1n) is 4.04. The average molecular weight is 153 g/mol. The second kappa shape index (κ2) is 3.21. The molecule has 1 aliphatic heterocycles. The molecule has 1 saturated heterocycles. The van der Waals surface area contributed by atoms with Crippen LogP contribution in [-0.2, 0) is 0 Å². The molecule has 0 aromatic carbocycles. The highest BCUT2D eigenvalue weighted by molar-refractivity contribution is 5.00. The third kappa shape index (κ3) is 1.70. The highest BCUT2D eigenvalue weighted by atomic mass is 15.2. The lowest BCUT2D eigenvalue weighted by Crippen LogP contribution is -2.60. The van der Waals surface area contributed by atoms with E-state index in [0.29, 0.717) is 12.0 Å². The van der Waals surface area contributed by atoms with Crippen molar-refractivity contribution in [1.82, 2.24) is 4.90 Å². The summed E-state index contributed by atoms with van der Waals surface area (Å²) >= 11 is 0.